The highest BCUT2D eigenvalue weighted by atomic mass is 16.5. The van der Waals surface area contributed by atoms with Crippen LogP contribution in [0, 0.1) is 11.3 Å². The lowest BCUT2D eigenvalue weighted by atomic mass is 9.76. The number of pyridine rings is 1. The highest BCUT2D eigenvalue weighted by Gasteiger charge is 2.47. The van der Waals surface area contributed by atoms with Crippen molar-refractivity contribution in [1.82, 2.24) is 9.88 Å². The lowest BCUT2D eigenvalue weighted by Gasteiger charge is -2.36. The van der Waals surface area contributed by atoms with Gasteiger partial charge >= 0.3 is 0 Å². The molecule has 6 heteroatoms. The Labute approximate surface area is 147 Å². The van der Waals surface area contributed by atoms with Crippen molar-refractivity contribution in [2.24, 2.45) is 11.3 Å². The molecular weight excluding hydrogens is 320 g/mol. The molecule has 1 aromatic heterocycles. The van der Waals surface area contributed by atoms with Crippen LogP contribution in [0.4, 0.5) is 0 Å². The zero-order valence-corrected chi connectivity index (χ0v) is 14.2. The highest BCUT2D eigenvalue weighted by molar-refractivity contribution is 5.81. The summed E-state index contributed by atoms with van der Waals surface area (Å²) in [4.78, 5) is 15.4. The maximum atomic E-state index is 9.89. The van der Waals surface area contributed by atoms with Crippen molar-refractivity contribution in [3.05, 3.63) is 42.1 Å². The van der Waals surface area contributed by atoms with Crippen molar-refractivity contribution >= 4 is 17.4 Å². The molecule has 2 aliphatic heterocycles. The fourth-order valence-electron chi connectivity index (χ4n) is 4.09. The van der Waals surface area contributed by atoms with Gasteiger partial charge in [-0.3, -0.25) is 14.7 Å². The largest absolute Gasteiger partial charge is 0.483 e. The molecule has 4 rings (SSSR count). The number of aliphatic hydroxyl groups excluding tert-OH is 1. The second-order valence-corrected chi connectivity index (χ2v) is 6.83. The Balaban J connectivity index is 0.000000569. The third-order valence-corrected chi connectivity index (χ3v) is 5.31. The molecule has 0 bridgehead atoms. The number of rotatable bonds is 3. The van der Waals surface area contributed by atoms with E-state index in [1.165, 1.54) is 10.9 Å². The minimum atomic E-state index is -0.250. The van der Waals surface area contributed by atoms with Crippen molar-refractivity contribution in [2.75, 3.05) is 32.9 Å². The summed E-state index contributed by atoms with van der Waals surface area (Å²) in [5, 5.41) is 18.0. The van der Waals surface area contributed by atoms with Crippen molar-refractivity contribution in [1.29, 1.82) is 0 Å². The average molecular weight is 344 g/mol. The van der Waals surface area contributed by atoms with Gasteiger partial charge in [0.1, 0.15) is 0 Å². The van der Waals surface area contributed by atoms with Crippen LogP contribution >= 0.6 is 0 Å². The van der Waals surface area contributed by atoms with E-state index < -0.39 is 0 Å². The SMILES string of the molecule is O=CO.OC[C@]12COCC[C@H]1CN(Cc1cccc3cccnc13)C2. The molecule has 0 spiro atoms. The van der Waals surface area contributed by atoms with E-state index in [1.807, 2.05) is 12.3 Å². The fraction of sp³-hybridized carbons (Fsp3) is 0.474. The predicted molar refractivity (Wildman–Crippen MR) is 94.2 cm³/mol. The minimum absolute atomic E-state index is 0.0593. The van der Waals surface area contributed by atoms with E-state index in [1.54, 1.807) is 0 Å². The van der Waals surface area contributed by atoms with Crippen LogP contribution in [-0.4, -0.2) is 59.5 Å². The third-order valence-electron chi connectivity index (χ3n) is 5.31. The molecule has 0 amide bonds. The van der Waals surface area contributed by atoms with E-state index in [0.717, 1.165) is 38.2 Å². The van der Waals surface area contributed by atoms with Gasteiger partial charge in [0, 0.05) is 43.2 Å². The summed E-state index contributed by atoms with van der Waals surface area (Å²) in [7, 11) is 0. The Hall–Kier alpha value is -2.02. The van der Waals surface area contributed by atoms with Crippen LogP contribution in [0.1, 0.15) is 12.0 Å². The van der Waals surface area contributed by atoms with E-state index in [-0.39, 0.29) is 18.5 Å². The van der Waals surface area contributed by atoms with E-state index in [0.29, 0.717) is 12.5 Å². The van der Waals surface area contributed by atoms with Crippen molar-refractivity contribution in [2.45, 2.75) is 13.0 Å². The molecule has 3 heterocycles. The number of hydrogen-bond donors (Lipinski definition) is 2. The summed E-state index contributed by atoms with van der Waals surface area (Å²) in [6.45, 7) is 4.35. The maximum absolute atomic E-state index is 9.89. The van der Waals surface area contributed by atoms with E-state index >= 15 is 0 Å². The topological polar surface area (TPSA) is 82.9 Å². The number of fused-ring (bicyclic) bond motifs is 2. The Bertz CT molecular complexity index is 718. The molecule has 2 N–H and O–H groups in total. The number of likely N-dealkylation sites (tertiary alicyclic amines) is 1. The summed E-state index contributed by atoms with van der Waals surface area (Å²) in [6.07, 6.45) is 2.92. The molecule has 6 nitrogen and oxygen atoms in total. The summed E-state index contributed by atoms with van der Waals surface area (Å²) in [6, 6.07) is 10.5. The fourth-order valence-corrected chi connectivity index (χ4v) is 4.09. The summed E-state index contributed by atoms with van der Waals surface area (Å²) >= 11 is 0. The van der Waals surface area contributed by atoms with Gasteiger partial charge in [-0.25, -0.2) is 0 Å². The molecule has 2 aliphatic rings. The molecule has 2 fully saturated rings. The first kappa shape index (κ1) is 17.8. The average Bonchev–Trinajstić information content (AvgIpc) is 3.01. The van der Waals surface area contributed by atoms with Crippen LogP contribution in [0.5, 0.6) is 0 Å². The molecule has 134 valence electrons. The van der Waals surface area contributed by atoms with Crippen molar-refractivity contribution < 1.29 is 19.7 Å². The number of carbonyl (C=O) groups is 1. The van der Waals surface area contributed by atoms with Gasteiger partial charge in [0.2, 0.25) is 0 Å². The van der Waals surface area contributed by atoms with Crippen LogP contribution in [0.3, 0.4) is 0 Å². The first-order chi connectivity index (χ1) is 12.2. The molecule has 2 atom stereocenters. The zero-order chi connectivity index (χ0) is 17.7. The molecule has 25 heavy (non-hydrogen) atoms. The number of carboxylic acid groups (broad SMARTS) is 1. The number of hydrogen-bond acceptors (Lipinski definition) is 5. The lowest BCUT2D eigenvalue weighted by Crippen LogP contribution is -2.42. The molecule has 2 aromatic rings. The number of para-hydroxylation sites is 1. The lowest BCUT2D eigenvalue weighted by molar-refractivity contribution is -0.122. The normalized spacial score (nSPS) is 25.9. The molecular formula is C19H24N2O4. The minimum Gasteiger partial charge on any atom is -0.483 e. The standard InChI is InChI=1S/C18H22N2O2.CH2O2/c21-12-18-11-20(10-16(18)6-8-22-13-18)9-15-4-1-3-14-5-2-7-19-17(14)15;2-1-3/h1-5,7,16,21H,6,8-13H2;1H,(H,2,3)/t16-,18+;/m0./s1. The number of ether oxygens (including phenoxy) is 1. The summed E-state index contributed by atoms with van der Waals surface area (Å²) in [5.41, 5.74) is 2.30. The van der Waals surface area contributed by atoms with E-state index in [2.05, 4.69) is 34.1 Å². The number of aliphatic hydroxyl groups is 1. The van der Waals surface area contributed by atoms with Gasteiger partial charge in [-0.2, -0.15) is 0 Å². The van der Waals surface area contributed by atoms with Gasteiger partial charge in [-0.15, -0.1) is 0 Å². The van der Waals surface area contributed by atoms with Crippen LogP contribution in [0.15, 0.2) is 36.5 Å². The molecule has 0 unspecified atom stereocenters. The highest BCUT2D eigenvalue weighted by Crippen LogP contribution is 2.41. The van der Waals surface area contributed by atoms with E-state index in [9.17, 15) is 5.11 Å². The van der Waals surface area contributed by atoms with Crippen LogP contribution in [-0.2, 0) is 16.1 Å². The third kappa shape index (κ3) is 3.66. The number of benzene rings is 1. The van der Waals surface area contributed by atoms with Gasteiger partial charge in [-0.05, 0) is 24.0 Å². The molecule has 1 aromatic carbocycles. The van der Waals surface area contributed by atoms with E-state index in [4.69, 9.17) is 14.6 Å². The number of aromatic nitrogens is 1. The number of nitrogens with zero attached hydrogens (tertiary/aromatic N) is 2. The van der Waals surface area contributed by atoms with Crippen LogP contribution in [0.25, 0.3) is 10.9 Å². The van der Waals surface area contributed by atoms with Gasteiger partial charge in [0.25, 0.3) is 6.47 Å². The summed E-state index contributed by atoms with van der Waals surface area (Å²) in [5.74, 6) is 0.550. The Morgan fingerprint density at radius 2 is 2.16 bits per heavy atom. The van der Waals surface area contributed by atoms with Gasteiger partial charge in [0.15, 0.2) is 0 Å². The van der Waals surface area contributed by atoms with Gasteiger partial charge in [0.05, 0.1) is 18.7 Å². The first-order valence-corrected chi connectivity index (χ1v) is 8.54. The summed E-state index contributed by atoms with van der Waals surface area (Å²) < 4.78 is 5.65. The van der Waals surface area contributed by atoms with Crippen molar-refractivity contribution in [3.8, 4) is 0 Å². The quantitative estimate of drug-likeness (QED) is 0.826. The van der Waals surface area contributed by atoms with Crippen LogP contribution < -0.4 is 0 Å². The molecule has 0 aliphatic carbocycles. The Morgan fingerprint density at radius 1 is 1.36 bits per heavy atom. The smallest absolute Gasteiger partial charge is 0.290 e. The van der Waals surface area contributed by atoms with Gasteiger partial charge in [-0.1, -0.05) is 24.3 Å². The van der Waals surface area contributed by atoms with Gasteiger partial charge < -0.3 is 14.9 Å². The van der Waals surface area contributed by atoms with Crippen LogP contribution in [0.2, 0.25) is 0 Å². The molecule has 0 radical (unpaired) electrons. The zero-order valence-electron chi connectivity index (χ0n) is 14.2. The molecule has 2 saturated heterocycles. The monoisotopic (exact) mass is 344 g/mol. The Morgan fingerprint density at radius 3 is 2.92 bits per heavy atom. The maximum Gasteiger partial charge on any atom is 0.290 e. The predicted octanol–water partition coefficient (Wildman–Crippen LogP) is 1.77. The van der Waals surface area contributed by atoms with Crippen molar-refractivity contribution in [3.63, 3.8) is 0 Å². The second kappa shape index (κ2) is 7.91. The Kier molecular flexibility index (Phi) is 5.63. The second-order valence-electron chi connectivity index (χ2n) is 6.83. The molecule has 0 saturated carbocycles. The first-order valence-electron chi connectivity index (χ1n) is 8.54.